The molecule has 0 amide bonds. The maximum atomic E-state index is 12.2. The van der Waals surface area contributed by atoms with Crippen molar-refractivity contribution in [3.63, 3.8) is 0 Å². The summed E-state index contributed by atoms with van der Waals surface area (Å²) in [5.74, 6) is -0.670. The predicted octanol–water partition coefficient (Wildman–Crippen LogP) is 1.48. The van der Waals surface area contributed by atoms with Crippen LogP contribution in [0.3, 0.4) is 0 Å². The van der Waals surface area contributed by atoms with E-state index in [0.717, 1.165) is 0 Å². The van der Waals surface area contributed by atoms with E-state index in [-0.39, 0.29) is 5.56 Å². The summed E-state index contributed by atoms with van der Waals surface area (Å²) >= 11 is 0. The van der Waals surface area contributed by atoms with Gasteiger partial charge in [0.25, 0.3) is 5.56 Å². The number of benzene rings is 1. The fourth-order valence-corrected chi connectivity index (χ4v) is 1.87. The number of pyridine rings is 1. The third kappa shape index (κ3) is 3.09. The van der Waals surface area contributed by atoms with E-state index in [0.29, 0.717) is 17.1 Å². The van der Waals surface area contributed by atoms with Crippen molar-refractivity contribution in [2.24, 2.45) is 0 Å². The van der Waals surface area contributed by atoms with Gasteiger partial charge in [-0.05, 0) is 43.3 Å². The van der Waals surface area contributed by atoms with Gasteiger partial charge in [0.1, 0.15) is 17.4 Å². The Hall–Kier alpha value is -3.07. The number of hydrogen-bond acceptors (Lipinski definition) is 4. The van der Waals surface area contributed by atoms with Gasteiger partial charge in [0.2, 0.25) is 0 Å². The molecule has 0 fully saturated rings. The summed E-state index contributed by atoms with van der Waals surface area (Å²) in [7, 11) is 0. The molecule has 1 N–H and O–H groups in total. The maximum absolute atomic E-state index is 12.2. The predicted molar refractivity (Wildman–Crippen MR) is 74.6 cm³/mol. The van der Waals surface area contributed by atoms with E-state index >= 15 is 0 Å². The molecule has 1 aromatic carbocycles. The SMILES string of the molecule is Cc1ccc(C#N)c(=O)n1-c1ccc(OCC(=O)O)cc1. The zero-order valence-corrected chi connectivity index (χ0v) is 11.2. The van der Waals surface area contributed by atoms with Crippen molar-refractivity contribution in [2.75, 3.05) is 6.61 Å². The minimum absolute atomic E-state index is 0.0619. The molecule has 6 nitrogen and oxygen atoms in total. The highest BCUT2D eigenvalue weighted by Gasteiger charge is 2.08. The minimum Gasteiger partial charge on any atom is -0.482 e. The summed E-state index contributed by atoms with van der Waals surface area (Å²) < 4.78 is 6.44. The van der Waals surface area contributed by atoms with Crippen molar-refractivity contribution in [1.82, 2.24) is 4.57 Å². The molecule has 0 radical (unpaired) electrons. The molecule has 1 heterocycles. The molecular formula is C15H12N2O4. The number of carboxylic acid groups (broad SMARTS) is 1. The van der Waals surface area contributed by atoms with E-state index in [1.165, 1.54) is 10.6 Å². The molecule has 0 aliphatic carbocycles. The first-order valence-electron chi connectivity index (χ1n) is 6.10. The standard InChI is InChI=1S/C15H12N2O4/c1-10-2-3-11(8-16)15(20)17(10)12-4-6-13(7-5-12)21-9-14(18)19/h2-7H,9H2,1H3,(H,18,19). The molecule has 0 saturated heterocycles. The van der Waals surface area contributed by atoms with Crippen LogP contribution >= 0.6 is 0 Å². The summed E-state index contributed by atoms with van der Waals surface area (Å²) in [5.41, 5.74) is 0.944. The summed E-state index contributed by atoms with van der Waals surface area (Å²) in [6.45, 7) is 1.33. The Labute approximate surface area is 120 Å². The normalized spacial score (nSPS) is 9.90. The zero-order chi connectivity index (χ0) is 15.4. The van der Waals surface area contributed by atoms with Gasteiger partial charge in [-0.3, -0.25) is 9.36 Å². The van der Waals surface area contributed by atoms with Crippen LogP contribution in [0.2, 0.25) is 0 Å². The zero-order valence-electron chi connectivity index (χ0n) is 11.2. The van der Waals surface area contributed by atoms with Crippen molar-refractivity contribution in [2.45, 2.75) is 6.92 Å². The van der Waals surface area contributed by atoms with E-state index in [2.05, 4.69) is 0 Å². The molecule has 0 aliphatic heterocycles. The lowest BCUT2D eigenvalue weighted by atomic mass is 10.2. The van der Waals surface area contributed by atoms with Crippen molar-refractivity contribution >= 4 is 5.97 Å². The number of hydrogen-bond donors (Lipinski definition) is 1. The van der Waals surface area contributed by atoms with E-state index in [4.69, 9.17) is 15.1 Å². The van der Waals surface area contributed by atoms with Crippen LogP contribution in [0, 0.1) is 18.3 Å². The van der Waals surface area contributed by atoms with Gasteiger partial charge < -0.3 is 9.84 Å². The topological polar surface area (TPSA) is 92.3 Å². The summed E-state index contributed by atoms with van der Waals surface area (Å²) in [6.07, 6.45) is 0. The van der Waals surface area contributed by atoms with Crippen molar-refractivity contribution < 1.29 is 14.6 Å². The number of ether oxygens (including phenoxy) is 1. The van der Waals surface area contributed by atoms with Gasteiger partial charge in [-0.2, -0.15) is 5.26 Å². The number of nitrogens with zero attached hydrogens (tertiary/aromatic N) is 2. The van der Waals surface area contributed by atoms with Crippen LogP contribution < -0.4 is 10.3 Å². The molecular weight excluding hydrogens is 272 g/mol. The number of rotatable bonds is 4. The van der Waals surface area contributed by atoms with Crippen LogP contribution in [-0.2, 0) is 4.79 Å². The largest absolute Gasteiger partial charge is 0.482 e. The Morgan fingerprint density at radius 3 is 2.52 bits per heavy atom. The first kappa shape index (κ1) is 14.3. The quantitative estimate of drug-likeness (QED) is 0.918. The lowest BCUT2D eigenvalue weighted by Crippen LogP contribution is -2.22. The van der Waals surface area contributed by atoms with Crippen LogP contribution in [-0.4, -0.2) is 22.2 Å². The number of aromatic nitrogens is 1. The fourth-order valence-electron chi connectivity index (χ4n) is 1.87. The van der Waals surface area contributed by atoms with Crippen LogP contribution in [0.25, 0.3) is 5.69 Å². The Bertz CT molecular complexity index is 770. The fraction of sp³-hybridized carbons (Fsp3) is 0.133. The van der Waals surface area contributed by atoms with Crippen LogP contribution in [0.5, 0.6) is 5.75 Å². The molecule has 2 aromatic rings. The van der Waals surface area contributed by atoms with E-state index < -0.39 is 18.1 Å². The van der Waals surface area contributed by atoms with Gasteiger partial charge in [0, 0.05) is 11.4 Å². The molecule has 0 bridgehead atoms. The van der Waals surface area contributed by atoms with Crippen LogP contribution in [0.4, 0.5) is 0 Å². The molecule has 0 unspecified atom stereocenters. The second-order valence-electron chi connectivity index (χ2n) is 4.32. The molecule has 0 aliphatic rings. The van der Waals surface area contributed by atoms with Gasteiger partial charge in [-0.15, -0.1) is 0 Å². The summed E-state index contributed by atoms with van der Waals surface area (Å²) in [6, 6.07) is 11.4. The average Bonchev–Trinajstić information content (AvgIpc) is 2.46. The van der Waals surface area contributed by atoms with E-state index in [9.17, 15) is 9.59 Å². The Morgan fingerprint density at radius 1 is 1.29 bits per heavy atom. The number of carbonyl (C=O) groups is 1. The van der Waals surface area contributed by atoms with Gasteiger partial charge in [-0.25, -0.2) is 4.79 Å². The Kier molecular flexibility index (Phi) is 4.05. The molecule has 21 heavy (non-hydrogen) atoms. The molecule has 0 saturated carbocycles. The molecule has 0 spiro atoms. The minimum atomic E-state index is -1.06. The van der Waals surface area contributed by atoms with E-state index in [1.807, 2.05) is 6.07 Å². The van der Waals surface area contributed by atoms with Gasteiger partial charge in [0.15, 0.2) is 6.61 Å². The number of carboxylic acids is 1. The second-order valence-corrected chi connectivity index (χ2v) is 4.32. The third-order valence-electron chi connectivity index (χ3n) is 2.86. The number of aryl methyl sites for hydroxylation is 1. The highest BCUT2D eigenvalue weighted by Crippen LogP contribution is 2.15. The smallest absolute Gasteiger partial charge is 0.341 e. The third-order valence-corrected chi connectivity index (χ3v) is 2.86. The van der Waals surface area contributed by atoms with Crippen LogP contribution in [0.1, 0.15) is 11.3 Å². The summed E-state index contributed by atoms with van der Waals surface area (Å²) in [5, 5.41) is 17.4. The van der Waals surface area contributed by atoms with Crippen molar-refractivity contribution in [3.8, 4) is 17.5 Å². The lowest BCUT2D eigenvalue weighted by molar-refractivity contribution is -0.139. The van der Waals surface area contributed by atoms with Gasteiger partial charge in [-0.1, -0.05) is 0 Å². The number of nitriles is 1. The highest BCUT2D eigenvalue weighted by molar-refractivity contribution is 5.68. The Morgan fingerprint density at radius 2 is 1.95 bits per heavy atom. The lowest BCUT2D eigenvalue weighted by Gasteiger charge is -2.11. The maximum Gasteiger partial charge on any atom is 0.341 e. The molecule has 106 valence electrons. The average molecular weight is 284 g/mol. The summed E-state index contributed by atoms with van der Waals surface area (Å²) in [4.78, 5) is 22.6. The first-order valence-corrected chi connectivity index (χ1v) is 6.10. The number of aliphatic carboxylic acids is 1. The highest BCUT2D eigenvalue weighted by atomic mass is 16.5. The van der Waals surface area contributed by atoms with Gasteiger partial charge >= 0.3 is 5.97 Å². The van der Waals surface area contributed by atoms with E-state index in [1.54, 1.807) is 37.3 Å². The Balaban J connectivity index is 2.38. The molecule has 2 rings (SSSR count). The monoisotopic (exact) mass is 284 g/mol. The first-order chi connectivity index (χ1) is 10.0. The molecule has 6 heteroatoms. The molecule has 0 atom stereocenters. The van der Waals surface area contributed by atoms with Crippen LogP contribution in [0.15, 0.2) is 41.2 Å². The van der Waals surface area contributed by atoms with Crippen molar-refractivity contribution in [1.29, 1.82) is 5.26 Å². The molecule has 1 aromatic heterocycles. The van der Waals surface area contributed by atoms with Crippen molar-refractivity contribution in [3.05, 3.63) is 58.0 Å². The van der Waals surface area contributed by atoms with Gasteiger partial charge in [0.05, 0.1) is 0 Å². The second kappa shape index (κ2) is 5.92.